The molecule has 0 aliphatic rings. The number of unbranched alkanes of at least 4 members (excludes halogenated alkanes) is 52. The summed E-state index contributed by atoms with van der Waals surface area (Å²) in [6, 6.07) is 0. The van der Waals surface area contributed by atoms with Crippen LogP contribution in [0.5, 0.6) is 0 Å². The van der Waals surface area contributed by atoms with Gasteiger partial charge in [-0.25, -0.2) is 9.13 Å². The normalized spacial score (nSPS) is 14.1. The van der Waals surface area contributed by atoms with Crippen molar-refractivity contribution in [3.63, 3.8) is 0 Å². The van der Waals surface area contributed by atoms with E-state index in [4.69, 9.17) is 37.0 Å². The van der Waals surface area contributed by atoms with Crippen molar-refractivity contribution in [2.75, 3.05) is 39.6 Å². The molecule has 0 aromatic rings. The van der Waals surface area contributed by atoms with Gasteiger partial charge in [-0.3, -0.25) is 37.3 Å². The third kappa shape index (κ3) is 76.6. The Labute approximate surface area is 632 Å². The zero-order valence-corrected chi connectivity index (χ0v) is 69.4. The Bertz CT molecular complexity index is 1980. The molecule has 103 heavy (non-hydrogen) atoms. The monoisotopic (exact) mass is 1510 g/mol. The van der Waals surface area contributed by atoms with Crippen molar-refractivity contribution in [1.82, 2.24) is 0 Å². The number of phosphoric acid groups is 2. The van der Waals surface area contributed by atoms with E-state index in [-0.39, 0.29) is 25.7 Å². The minimum absolute atomic E-state index is 0.107. The van der Waals surface area contributed by atoms with E-state index >= 15 is 0 Å². The molecule has 0 aliphatic heterocycles. The maximum atomic E-state index is 13.1. The minimum Gasteiger partial charge on any atom is -0.462 e. The molecule has 0 heterocycles. The van der Waals surface area contributed by atoms with Crippen molar-refractivity contribution in [2.24, 2.45) is 11.8 Å². The van der Waals surface area contributed by atoms with E-state index in [9.17, 15) is 43.2 Å². The highest BCUT2D eigenvalue weighted by atomic mass is 31.2. The molecule has 0 amide bonds. The Kier molecular flexibility index (Phi) is 74.1. The van der Waals surface area contributed by atoms with Crippen LogP contribution >= 0.6 is 15.6 Å². The summed E-state index contributed by atoms with van der Waals surface area (Å²) in [4.78, 5) is 73.1. The summed E-state index contributed by atoms with van der Waals surface area (Å²) in [5.74, 6) is -0.480. The van der Waals surface area contributed by atoms with Crippen molar-refractivity contribution >= 4 is 39.5 Å². The van der Waals surface area contributed by atoms with Crippen molar-refractivity contribution in [2.45, 2.75) is 464 Å². The highest BCUT2D eigenvalue weighted by molar-refractivity contribution is 7.47. The van der Waals surface area contributed by atoms with E-state index in [0.29, 0.717) is 25.7 Å². The number of ether oxygens (including phenoxy) is 4. The predicted octanol–water partition coefficient (Wildman–Crippen LogP) is 25.5. The van der Waals surface area contributed by atoms with Gasteiger partial charge in [-0.2, -0.15) is 0 Å². The van der Waals surface area contributed by atoms with Gasteiger partial charge >= 0.3 is 39.5 Å². The maximum absolute atomic E-state index is 13.1. The lowest BCUT2D eigenvalue weighted by Gasteiger charge is -2.21. The lowest BCUT2D eigenvalue weighted by molar-refractivity contribution is -0.161. The molecule has 3 N–H and O–H groups in total. The molecule has 3 unspecified atom stereocenters. The molecule has 19 heteroatoms. The summed E-state index contributed by atoms with van der Waals surface area (Å²) in [6.45, 7) is 9.71. The molecule has 0 saturated carbocycles. The van der Waals surface area contributed by atoms with Gasteiger partial charge in [0.25, 0.3) is 0 Å². The largest absolute Gasteiger partial charge is 0.472 e. The van der Waals surface area contributed by atoms with E-state index in [1.807, 2.05) is 0 Å². The highest BCUT2D eigenvalue weighted by Crippen LogP contribution is 2.45. The summed E-state index contributed by atoms with van der Waals surface area (Å²) < 4.78 is 68.8. The van der Waals surface area contributed by atoms with Crippen LogP contribution in [0.25, 0.3) is 0 Å². The van der Waals surface area contributed by atoms with E-state index in [2.05, 4.69) is 41.5 Å². The second kappa shape index (κ2) is 75.5. The SMILES string of the molecule is CCCCCCCCCCCCCCCCCCC(=O)OC[C@H](COP(=O)(O)OC[C@@H](O)COP(=O)(O)OC[C@@H](COC(=O)CCCCCCCCCCCCCC)OC(=O)CCCCCCCCCCCCC(C)C)OC(=O)CCCCCCCCCCCCCCCCCCCCC(C)CC. The van der Waals surface area contributed by atoms with Crippen LogP contribution in [0.1, 0.15) is 446 Å². The average molecular weight is 1510 g/mol. The molecule has 0 aromatic heterocycles. The van der Waals surface area contributed by atoms with Crippen LogP contribution in [0.3, 0.4) is 0 Å². The van der Waals surface area contributed by atoms with Gasteiger partial charge in [0.1, 0.15) is 19.3 Å². The molecule has 612 valence electrons. The molecule has 0 aliphatic carbocycles. The number of hydrogen-bond donors (Lipinski definition) is 3. The standard InChI is InChI=1S/C84H164O17P2/c1-7-10-12-14-16-18-20-22-23-29-32-36-43-49-55-61-67-82(87)95-72-79(100-83(88)68-62-56-50-44-37-33-30-27-25-24-26-28-31-34-41-47-53-59-65-77(6)9-3)74-98-102(90,91)96-70-78(85)71-97-103(92,93)99-75-80(73-94-81(86)66-60-54-48-42-35-21-19-17-15-13-11-8-2)101-84(89)69-63-57-51-45-39-38-40-46-52-58-64-76(4)5/h76-80,85H,7-75H2,1-6H3,(H,90,91)(H,92,93)/t77?,78-,79-,80-/m1/s1. The number of rotatable bonds is 83. The molecule has 0 rings (SSSR count). The number of carbonyl (C=O) groups is 4. The predicted molar refractivity (Wildman–Crippen MR) is 423 cm³/mol. The van der Waals surface area contributed by atoms with E-state index in [1.54, 1.807) is 0 Å². The number of phosphoric ester groups is 2. The first-order valence-corrected chi connectivity index (χ1v) is 46.5. The van der Waals surface area contributed by atoms with Gasteiger partial charge in [-0.15, -0.1) is 0 Å². The molecular formula is C84H164O17P2. The summed E-state index contributed by atoms with van der Waals surface area (Å²) in [5, 5.41) is 10.7. The van der Waals surface area contributed by atoms with Crippen molar-refractivity contribution in [3.05, 3.63) is 0 Å². The smallest absolute Gasteiger partial charge is 0.462 e. The van der Waals surface area contributed by atoms with Gasteiger partial charge in [0.2, 0.25) is 0 Å². The average Bonchev–Trinajstić information content (AvgIpc) is 0.911. The highest BCUT2D eigenvalue weighted by Gasteiger charge is 2.30. The van der Waals surface area contributed by atoms with Gasteiger partial charge in [0.15, 0.2) is 12.2 Å². The lowest BCUT2D eigenvalue weighted by atomic mass is 9.99. The number of esters is 4. The molecule has 17 nitrogen and oxygen atoms in total. The first kappa shape index (κ1) is 101. The van der Waals surface area contributed by atoms with Crippen LogP contribution < -0.4 is 0 Å². The summed E-state index contributed by atoms with van der Waals surface area (Å²) in [5.41, 5.74) is 0. The number of aliphatic hydroxyl groups is 1. The summed E-state index contributed by atoms with van der Waals surface area (Å²) in [6.07, 6.45) is 66.5. The third-order valence-electron chi connectivity index (χ3n) is 20.1. The second-order valence-corrected chi connectivity index (χ2v) is 33.8. The second-order valence-electron chi connectivity index (χ2n) is 30.9. The zero-order chi connectivity index (χ0) is 75.6. The van der Waals surface area contributed by atoms with Crippen LogP contribution in [0.2, 0.25) is 0 Å². The fourth-order valence-corrected chi connectivity index (χ4v) is 14.6. The maximum Gasteiger partial charge on any atom is 0.472 e. The van der Waals surface area contributed by atoms with Gasteiger partial charge in [-0.05, 0) is 37.5 Å². The summed E-state index contributed by atoms with van der Waals surface area (Å²) in [7, 11) is -9.92. The first-order chi connectivity index (χ1) is 49.9. The van der Waals surface area contributed by atoms with Crippen LogP contribution in [0.4, 0.5) is 0 Å². The Hall–Kier alpha value is -1.94. The topological polar surface area (TPSA) is 237 Å². The third-order valence-corrected chi connectivity index (χ3v) is 22.0. The Balaban J connectivity index is 5.23. The lowest BCUT2D eigenvalue weighted by Crippen LogP contribution is -2.30. The Morgan fingerprint density at radius 3 is 0.738 bits per heavy atom. The van der Waals surface area contributed by atoms with Crippen LogP contribution in [0.15, 0.2) is 0 Å². The van der Waals surface area contributed by atoms with Crippen molar-refractivity contribution < 1.29 is 80.2 Å². The molecule has 0 aromatic carbocycles. The molecule has 0 saturated heterocycles. The van der Waals surface area contributed by atoms with Crippen molar-refractivity contribution in [3.8, 4) is 0 Å². The number of aliphatic hydroxyl groups excluding tert-OH is 1. The van der Waals surface area contributed by atoms with E-state index in [0.717, 1.165) is 102 Å². The summed E-state index contributed by atoms with van der Waals surface area (Å²) >= 11 is 0. The van der Waals surface area contributed by atoms with Crippen LogP contribution in [-0.2, 0) is 65.4 Å². The van der Waals surface area contributed by atoms with E-state index in [1.165, 1.54) is 263 Å². The molecule has 0 spiro atoms. The van der Waals surface area contributed by atoms with Gasteiger partial charge < -0.3 is 33.8 Å². The van der Waals surface area contributed by atoms with Crippen molar-refractivity contribution in [1.29, 1.82) is 0 Å². The number of carbonyl (C=O) groups excluding carboxylic acids is 4. The zero-order valence-electron chi connectivity index (χ0n) is 67.6. The van der Waals surface area contributed by atoms with Gasteiger partial charge in [0.05, 0.1) is 26.4 Å². The fraction of sp³-hybridized carbons (Fsp3) is 0.952. The molecule has 0 fully saturated rings. The van der Waals surface area contributed by atoms with Crippen LogP contribution in [-0.4, -0.2) is 96.7 Å². The molecular weight excluding hydrogens is 1340 g/mol. The first-order valence-electron chi connectivity index (χ1n) is 43.5. The number of hydrogen-bond acceptors (Lipinski definition) is 15. The van der Waals surface area contributed by atoms with Crippen LogP contribution in [0, 0.1) is 11.8 Å². The van der Waals surface area contributed by atoms with Gasteiger partial charge in [0, 0.05) is 25.7 Å². The Morgan fingerprint density at radius 1 is 0.282 bits per heavy atom. The van der Waals surface area contributed by atoms with Gasteiger partial charge in [-0.1, -0.05) is 395 Å². The minimum atomic E-state index is -4.96. The fourth-order valence-electron chi connectivity index (χ4n) is 13.0. The molecule has 0 bridgehead atoms. The molecule has 0 radical (unpaired) electrons. The molecule has 6 atom stereocenters. The van der Waals surface area contributed by atoms with E-state index < -0.39 is 97.5 Å². The Morgan fingerprint density at radius 2 is 0.495 bits per heavy atom. The quantitative estimate of drug-likeness (QED) is 0.0222.